The molecule has 0 spiro atoms. The lowest BCUT2D eigenvalue weighted by Crippen LogP contribution is -2.39. The van der Waals surface area contributed by atoms with Gasteiger partial charge in [-0.1, -0.05) is 47.5 Å². The van der Waals surface area contributed by atoms with Crippen LogP contribution < -0.4 is 4.74 Å². The van der Waals surface area contributed by atoms with E-state index in [9.17, 15) is 4.79 Å². The van der Waals surface area contributed by atoms with Gasteiger partial charge in [-0.05, 0) is 55.5 Å². The summed E-state index contributed by atoms with van der Waals surface area (Å²) in [6.07, 6.45) is 2.03. The van der Waals surface area contributed by atoms with Crippen molar-refractivity contribution >= 4 is 29.1 Å². The Morgan fingerprint density at radius 1 is 1.21 bits per heavy atom. The number of carbonyl (C=O) groups is 1. The third-order valence-corrected chi connectivity index (χ3v) is 5.51. The molecule has 4 nitrogen and oxygen atoms in total. The van der Waals surface area contributed by atoms with Gasteiger partial charge in [0.05, 0.1) is 6.10 Å². The number of nitrogens with zero attached hydrogens (tertiary/aromatic N) is 1. The number of aryl methyl sites for hydroxylation is 2. The highest BCUT2D eigenvalue weighted by Gasteiger charge is 2.24. The van der Waals surface area contributed by atoms with E-state index >= 15 is 0 Å². The number of halogens is 2. The van der Waals surface area contributed by atoms with Gasteiger partial charge in [0.15, 0.2) is 6.61 Å². The number of hydrogen-bond acceptors (Lipinski definition) is 3. The van der Waals surface area contributed by atoms with Gasteiger partial charge in [0, 0.05) is 29.7 Å². The fourth-order valence-corrected chi connectivity index (χ4v) is 3.86. The van der Waals surface area contributed by atoms with Crippen LogP contribution in [0.3, 0.4) is 0 Å². The highest BCUT2D eigenvalue weighted by molar-refractivity contribution is 6.35. The van der Waals surface area contributed by atoms with Crippen LogP contribution in [-0.2, 0) is 16.1 Å². The number of hydrogen-bond donors (Lipinski definition) is 0. The number of amides is 1. The summed E-state index contributed by atoms with van der Waals surface area (Å²) in [5, 5.41) is 1.12. The largest absolute Gasteiger partial charge is 0.483 e. The van der Waals surface area contributed by atoms with E-state index < -0.39 is 0 Å². The van der Waals surface area contributed by atoms with Gasteiger partial charge < -0.3 is 14.4 Å². The van der Waals surface area contributed by atoms with E-state index in [2.05, 4.69) is 0 Å². The number of benzene rings is 2. The van der Waals surface area contributed by atoms with E-state index in [4.69, 9.17) is 32.7 Å². The second kappa shape index (κ2) is 9.64. The molecule has 0 aliphatic carbocycles. The lowest BCUT2D eigenvalue weighted by molar-refractivity contribution is -0.135. The van der Waals surface area contributed by atoms with Crippen molar-refractivity contribution in [2.75, 3.05) is 19.8 Å². The molecule has 1 fully saturated rings. The molecule has 1 saturated heterocycles. The maximum atomic E-state index is 13.0. The first-order chi connectivity index (χ1) is 13.4. The molecule has 28 heavy (non-hydrogen) atoms. The van der Waals surface area contributed by atoms with Crippen molar-refractivity contribution in [3.8, 4) is 5.75 Å². The van der Waals surface area contributed by atoms with Crippen molar-refractivity contribution in [1.29, 1.82) is 0 Å². The standard InChI is InChI=1S/C22H25Cl2NO3/c1-15-5-3-6-16(2)22(15)28-14-21(26)25(13-19-7-4-10-27-19)12-17-8-9-18(23)11-20(17)24/h3,5-6,8-9,11,19H,4,7,10,12-14H2,1-2H3/t19-/m0/s1. The third-order valence-electron chi connectivity index (χ3n) is 4.93. The molecule has 1 amide bonds. The average molecular weight is 422 g/mol. The fraction of sp³-hybridized carbons (Fsp3) is 0.409. The highest BCUT2D eigenvalue weighted by Crippen LogP contribution is 2.25. The van der Waals surface area contributed by atoms with Crippen LogP contribution in [0.1, 0.15) is 29.5 Å². The number of rotatable bonds is 7. The van der Waals surface area contributed by atoms with Gasteiger partial charge in [-0.15, -0.1) is 0 Å². The summed E-state index contributed by atoms with van der Waals surface area (Å²) in [4.78, 5) is 14.7. The summed E-state index contributed by atoms with van der Waals surface area (Å²) in [5.74, 6) is 0.668. The normalized spacial score (nSPS) is 16.2. The zero-order valence-corrected chi connectivity index (χ0v) is 17.7. The Morgan fingerprint density at radius 3 is 2.61 bits per heavy atom. The average Bonchev–Trinajstić information content (AvgIpc) is 3.16. The van der Waals surface area contributed by atoms with Gasteiger partial charge >= 0.3 is 0 Å². The maximum absolute atomic E-state index is 13.0. The first-order valence-electron chi connectivity index (χ1n) is 9.46. The predicted octanol–water partition coefficient (Wildman–Crippen LogP) is 5.20. The summed E-state index contributed by atoms with van der Waals surface area (Å²) < 4.78 is 11.6. The molecule has 0 N–H and O–H groups in total. The van der Waals surface area contributed by atoms with Crippen molar-refractivity contribution in [2.24, 2.45) is 0 Å². The molecule has 6 heteroatoms. The number of carbonyl (C=O) groups excluding carboxylic acids is 1. The van der Waals surface area contributed by atoms with E-state index in [1.54, 1.807) is 17.0 Å². The Labute approximate surface area is 176 Å². The van der Waals surface area contributed by atoms with Crippen LogP contribution in [0.25, 0.3) is 0 Å². The van der Waals surface area contributed by atoms with E-state index in [-0.39, 0.29) is 18.6 Å². The molecule has 2 aromatic carbocycles. The van der Waals surface area contributed by atoms with Crippen LogP contribution in [0.15, 0.2) is 36.4 Å². The van der Waals surface area contributed by atoms with Crippen LogP contribution in [0.2, 0.25) is 10.0 Å². The van der Waals surface area contributed by atoms with E-state index in [1.807, 2.05) is 38.1 Å². The van der Waals surface area contributed by atoms with Crippen molar-refractivity contribution in [3.05, 3.63) is 63.1 Å². The highest BCUT2D eigenvalue weighted by atomic mass is 35.5. The third kappa shape index (κ3) is 5.40. The Bertz CT molecular complexity index is 814. The molecular formula is C22H25Cl2NO3. The summed E-state index contributed by atoms with van der Waals surface area (Å²) in [5.41, 5.74) is 2.88. The van der Waals surface area contributed by atoms with Crippen molar-refractivity contribution in [1.82, 2.24) is 4.90 Å². The molecule has 1 heterocycles. The second-order valence-electron chi connectivity index (χ2n) is 7.15. The Hall–Kier alpha value is -1.75. The molecule has 150 valence electrons. The minimum absolute atomic E-state index is 0.0242. The van der Waals surface area contributed by atoms with E-state index in [0.717, 1.165) is 41.9 Å². The smallest absolute Gasteiger partial charge is 0.260 e. The molecule has 3 rings (SSSR count). The van der Waals surface area contributed by atoms with E-state index in [0.29, 0.717) is 23.1 Å². The van der Waals surface area contributed by atoms with Gasteiger partial charge in [-0.3, -0.25) is 4.79 Å². The van der Waals surface area contributed by atoms with Crippen LogP contribution in [-0.4, -0.2) is 36.7 Å². The van der Waals surface area contributed by atoms with Crippen molar-refractivity contribution < 1.29 is 14.3 Å². The molecule has 0 radical (unpaired) electrons. The Balaban J connectivity index is 1.72. The molecule has 0 aromatic heterocycles. The first-order valence-corrected chi connectivity index (χ1v) is 10.2. The van der Waals surface area contributed by atoms with Gasteiger partial charge in [0.2, 0.25) is 0 Å². The SMILES string of the molecule is Cc1cccc(C)c1OCC(=O)N(Cc1ccc(Cl)cc1Cl)C[C@@H]1CCCO1. The zero-order valence-electron chi connectivity index (χ0n) is 16.2. The fourth-order valence-electron chi connectivity index (χ4n) is 3.40. The lowest BCUT2D eigenvalue weighted by Gasteiger charge is -2.26. The number of para-hydroxylation sites is 1. The predicted molar refractivity (Wildman–Crippen MR) is 112 cm³/mol. The summed E-state index contributed by atoms with van der Waals surface area (Å²) in [6.45, 7) is 5.59. The van der Waals surface area contributed by atoms with Gasteiger partial charge in [0.25, 0.3) is 5.91 Å². The van der Waals surface area contributed by atoms with Gasteiger partial charge in [-0.25, -0.2) is 0 Å². The van der Waals surface area contributed by atoms with Crippen LogP contribution >= 0.6 is 23.2 Å². The minimum Gasteiger partial charge on any atom is -0.483 e. The molecule has 1 atom stereocenters. The molecule has 2 aromatic rings. The molecular weight excluding hydrogens is 397 g/mol. The summed E-state index contributed by atoms with van der Waals surface area (Å²) in [7, 11) is 0. The van der Waals surface area contributed by atoms with Gasteiger partial charge in [0.1, 0.15) is 5.75 Å². The Kier molecular flexibility index (Phi) is 7.22. The molecule has 1 aliphatic heterocycles. The maximum Gasteiger partial charge on any atom is 0.260 e. The van der Waals surface area contributed by atoms with Crippen LogP contribution in [0.4, 0.5) is 0 Å². The second-order valence-corrected chi connectivity index (χ2v) is 8.00. The minimum atomic E-state index is -0.0934. The zero-order chi connectivity index (χ0) is 20.1. The molecule has 1 aliphatic rings. The van der Waals surface area contributed by atoms with Crippen molar-refractivity contribution in [3.63, 3.8) is 0 Å². The summed E-state index contributed by atoms with van der Waals surface area (Å²) in [6, 6.07) is 11.3. The lowest BCUT2D eigenvalue weighted by atomic mass is 10.1. The molecule has 0 bridgehead atoms. The topological polar surface area (TPSA) is 38.8 Å². The monoisotopic (exact) mass is 421 g/mol. The van der Waals surface area contributed by atoms with Crippen LogP contribution in [0.5, 0.6) is 5.75 Å². The van der Waals surface area contributed by atoms with E-state index in [1.165, 1.54) is 0 Å². The molecule has 0 saturated carbocycles. The van der Waals surface area contributed by atoms with Crippen LogP contribution in [0, 0.1) is 13.8 Å². The molecule has 0 unspecified atom stereocenters. The quantitative estimate of drug-likeness (QED) is 0.616. The van der Waals surface area contributed by atoms with Gasteiger partial charge in [-0.2, -0.15) is 0 Å². The first kappa shape index (κ1) is 21.0. The van der Waals surface area contributed by atoms with Crippen molar-refractivity contribution in [2.45, 2.75) is 39.3 Å². The summed E-state index contributed by atoms with van der Waals surface area (Å²) >= 11 is 12.3. The number of ether oxygens (including phenoxy) is 2. The Morgan fingerprint density at radius 2 is 1.96 bits per heavy atom.